The van der Waals surface area contributed by atoms with Crippen LogP contribution in [0.2, 0.25) is 0 Å². The molecule has 0 spiro atoms. The highest BCUT2D eigenvalue weighted by Gasteiger charge is 2.14. The van der Waals surface area contributed by atoms with Gasteiger partial charge in [0.2, 0.25) is 6.79 Å². The molecule has 0 unspecified atom stereocenters. The van der Waals surface area contributed by atoms with Crippen molar-refractivity contribution in [2.45, 2.75) is 6.54 Å². The molecule has 21 heavy (non-hydrogen) atoms. The van der Waals surface area contributed by atoms with E-state index in [0.29, 0.717) is 11.5 Å². The summed E-state index contributed by atoms with van der Waals surface area (Å²) in [5, 5.41) is 2.69. The third-order valence-electron chi connectivity index (χ3n) is 3.15. The molecule has 0 radical (unpaired) electrons. The molecule has 1 aliphatic heterocycles. The molecule has 0 bridgehead atoms. The van der Waals surface area contributed by atoms with E-state index < -0.39 is 11.7 Å². The summed E-state index contributed by atoms with van der Waals surface area (Å²) in [4.78, 5) is 12.0. The SMILES string of the molecule is Nc1ccc(F)cc1C(=O)NCc1ccc2c(c1)OCO2. The van der Waals surface area contributed by atoms with Crippen molar-refractivity contribution in [2.24, 2.45) is 0 Å². The number of halogens is 1. The van der Waals surface area contributed by atoms with Crippen molar-refractivity contribution < 1.29 is 18.7 Å². The average Bonchev–Trinajstić information content (AvgIpc) is 2.94. The predicted molar refractivity (Wildman–Crippen MR) is 74.5 cm³/mol. The number of carbonyl (C=O) groups excluding carboxylic acids is 1. The highest BCUT2D eigenvalue weighted by Crippen LogP contribution is 2.32. The minimum Gasteiger partial charge on any atom is -0.454 e. The van der Waals surface area contributed by atoms with Crippen molar-refractivity contribution in [3.05, 3.63) is 53.3 Å². The van der Waals surface area contributed by atoms with Crippen molar-refractivity contribution in [3.8, 4) is 11.5 Å². The average molecular weight is 288 g/mol. The molecule has 0 saturated carbocycles. The summed E-state index contributed by atoms with van der Waals surface area (Å²) in [6, 6.07) is 9.08. The Hall–Kier alpha value is -2.76. The predicted octanol–water partition coefficient (Wildman–Crippen LogP) is 2.07. The second kappa shape index (κ2) is 5.32. The third-order valence-corrected chi connectivity index (χ3v) is 3.15. The molecule has 0 aromatic heterocycles. The van der Waals surface area contributed by atoms with Gasteiger partial charge in [0.1, 0.15) is 5.82 Å². The van der Waals surface area contributed by atoms with Crippen LogP contribution in [0.5, 0.6) is 11.5 Å². The van der Waals surface area contributed by atoms with Crippen molar-refractivity contribution in [1.82, 2.24) is 5.32 Å². The molecule has 0 atom stereocenters. The van der Waals surface area contributed by atoms with Gasteiger partial charge in [0.05, 0.1) is 5.56 Å². The summed E-state index contributed by atoms with van der Waals surface area (Å²) in [6.07, 6.45) is 0. The Morgan fingerprint density at radius 1 is 1.19 bits per heavy atom. The molecule has 2 aromatic rings. The molecule has 1 aliphatic rings. The first-order valence-electron chi connectivity index (χ1n) is 6.35. The Bertz CT molecular complexity index is 703. The summed E-state index contributed by atoms with van der Waals surface area (Å²) < 4.78 is 23.6. The number of nitrogen functional groups attached to an aromatic ring is 1. The van der Waals surface area contributed by atoms with Gasteiger partial charge in [0.15, 0.2) is 11.5 Å². The van der Waals surface area contributed by atoms with E-state index in [2.05, 4.69) is 5.32 Å². The van der Waals surface area contributed by atoms with E-state index in [1.54, 1.807) is 12.1 Å². The number of rotatable bonds is 3. The number of anilines is 1. The maximum absolute atomic E-state index is 13.2. The van der Waals surface area contributed by atoms with Crippen molar-refractivity contribution in [3.63, 3.8) is 0 Å². The molecule has 2 aromatic carbocycles. The summed E-state index contributed by atoms with van der Waals surface area (Å²) in [5.74, 6) is 0.397. The molecule has 1 heterocycles. The van der Waals surface area contributed by atoms with Gasteiger partial charge in [-0.2, -0.15) is 0 Å². The Kier molecular flexibility index (Phi) is 3.35. The molecule has 108 valence electrons. The van der Waals surface area contributed by atoms with Crippen LogP contribution < -0.4 is 20.5 Å². The number of benzene rings is 2. The van der Waals surface area contributed by atoms with E-state index in [4.69, 9.17) is 15.2 Å². The quantitative estimate of drug-likeness (QED) is 0.848. The smallest absolute Gasteiger partial charge is 0.253 e. The van der Waals surface area contributed by atoms with Crippen LogP contribution in [0.25, 0.3) is 0 Å². The zero-order valence-electron chi connectivity index (χ0n) is 11.1. The summed E-state index contributed by atoms with van der Waals surface area (Å²) >= 11 is 0. The molecule has 0 aliphatic carbocycles. The highest BCUT2D eigenvalue weighted by molar-refractivity contribution is 5.99. The molecule has 5 nitrogen and oxygen atoms in total. The number of amides is 1. The lowest BCUT2D eigenvalue weighted by atomic mass is 10.1. The first-order valence-corrected chi connectivity index (χ1v) is 6.35. The summed E-state index contributed by atoms with van der Waals surface area (Å²) in [7, 11) is 0. The van der Waals surface area contributed by atoms with Crippen LogP contribution in [-0.4, -0.2) is 12.7 Å². The number of fused-ring (bicyclic) bond motifs is 1. The molecule has 3 rings (SSSR count). The van der Waals surface area contributed by atoms with Crippen LogP contribution in [0.4, 0.5) is 10.1 Å². The zero-order chi connectivity index (χ0) is 14.8. The number of nitrogens with two attached hydrogens (primary N) is 1. The fourth-order valence-corrected chi connectivity index (χ4v) is 2.05. The molecule has 3 N–H and O–H groups in total. The fraction of sp³-hybridized carbons (Fsp3) is 0.133. The monoisotopic (exact) mass is 288 g/mol. The lowest BCUT2D eigenvalue weighted by Crippen LogP contribution is -2.23. The van der Waals surface area contributed by atoms with Gasteiger partial charge in [0, 0.05) is 12.2 Å². The normalized spacial score (nSPS) is 12.2. The van der Waals surface area contributed by atoms with Crippen LogP contribution in [0.15, 0.2) is 36.4 Å². The minimum atomic E-state index is -0.502. The summed E-state index contributed by atoms with van der Waals surface area (Å²) in [5.41, 5.74) is 6.88. The fourth-order valence-electron chi connectivity index (χ4n) is 2.05. The molecule has 0 saturated heterocycles. The van der Waals surface area contributed by atoms with E-state index in [1.807, 2.05) is 6.07 Å². The maximum atomic E-state index is 13.2. The highest BCUT2D eigenvalue weighted by atomic mass is 19.1. The van der Waals surface area contributed by atoms with Crippen LogP contribution >= 0.6 is 0 Å². The second-order valence-electron chi connectivity index (χ2n) is 4.60. The number of carbonyl (C=O) groups is 1. The van der Waals surface area contributed by atoms with Crippen LogP contribution in [-0.2, 0) is 6.54 Å². The molecular formula is C15H13FN2O3. The Morgan fingerprint density at radius 3 is 2.86 bits per heavy atom. The summed E-state index contributed by atoms with van der Waals surface area (Å²) in [6.45, 7) is 0.483. The van der Waals surface area contributed by atoms with Gasteiger partial charge in [0.25, 0.3) is 5.91 Å². The van der Waals surface area contributed by atoms with Crippen molar-refractivity contribution in [2.75, 3.05) is 12.5 Å². The number of hydrogen-bond donors (Lipinski definition) is 2. The van der Waals surface area contributed by atoms with Gasteiger partial charge < -0.3 is 20.5 Å². The van der Waals surface area contributed by atoms with Gasteiger partial charge in [-0.05, 0) is 35.9 Å². The van der Waals surface area contributed by atoms with Crippen LogP contribution in [0, 0.1) is 5.82 Å². The first-order chi connectivity index (χ1) is 10.1. The van der Waals surface area contributed by atoms with Crippen molar-refractivity contribution in [1.29, 1.82) is 0 Å². The lowest BCUT2D eigenvalue weighted by Gasteiger charge is -2.08. The third kappa shape index (κ3) is 2.74. The van der Waals surface area contributed by atoms with Crippen LogP contribution in [0.1, 0.15) is 15.9 Å². The first kappa shape index (κ1) is 13.2. The van der Waals surface area contributed by atoms with Crippen LogP contribution in [0.3, 0.4) is 0 Å². The van der Waals surface area contributed by atoms with Gasteiger partial charge >= 0.3 is 0 Å². The van der Waals surface area contributed by atoms with E-state index in [0.717, 1.165) is 11.6 Å². The van der Waals surface area contributed by atoms with E-state index in [9.17, 15) is 9.18 Å². The number of nitrogens with one attached hydrogen (secondary N) is 1. The second-order valence-corrected chi connectivity index (χ2v) is 4.60. The number of hydrogen-bond acceptors (Lipinski definition) is 4. The topological polar surface area (TPSA) is 73.6 Å². The Morgan fingerprint density at radius 2 is 2.00 bits per heavy atom. The van der Waals surface area contributed by atoms with Gasteiger partial charge in [-0.25, -0.2) is 4.39 Å². The molecule has 1 amide bonds. The largest absolute Gasteiger partial charge is 0.454 e. The van der Waals surface area contributed by atoms with Gasteiger partial charge in [-0.1, -0.05) is 6.07 Å². The molecule has 6 heteroatoms. The van der Waals surface area contributed by atoms with E-state index >= 15 is 0 Å². The number of ether oxygens (including phenoxy) is 2. The molecule has 0 fully saturated rings. The lowest BCUT2D eigenvalue weighted by molar-refractivity contribution is 0.0951. The maximum Gasteiger partial charge on any atom is 0.253 e. The van der Waals surface area contributed by atoms with E-state index in [-0.39, 0.29) is 24.6 Å². The van der Waals surface area contributed by atoms with Crippen molar-refractivity contribution >= 4 is 11.6 Å². The standard InChI is InChI=1S/C15H13FN2O3/c16-10-2-3-12(17)11(6-10)15(19)18-7-9-1-4-13-14(5-9)21-8-20-13/h1-6H,7-8,17H2,(H,18,19). The molecular weight excluding hydrogens is 275 g/mol. The van der Waals surface area contributed by atoms with E-state index in [1.165, 1.54) is 12.1 Å². The Balaban J connectivity index is 1.70. The van der Waals surface area contributed by atoms with Gasteiger partial charge in [-0.15, -0.1) is 0 Å². The zero-order valence-corrected chi connectivity index (χ0v) is 11.1. The van der Waals surface area contributed by atoms with Gasteiger partial charge in [-0.3, -0.25) is 4.79 Å². The Labute approximate surface area is 120 Å². The minimum absolute atomic E-state index is 0.121.